The first-order valence-corrected chi connectivity index (χ1v) is 5.30. The van der Waals surface area contributed by atoms with Gasteiger partial charge in [-0.2, -0.15) is 13.2 Å². The van der Waals surface area contributed by atoms with Crippen molar-refractivity contribution in [1.29, 1.82) is 0 Å². The molecule has 0 N–H and O–H groups in total. The minimum atomic E-state index is -4.09. The van der Waals surface area contributed by atoms with Crippen LogP contribution in [0.2, 0.25) is 0 Å². The van der Waals surface area contributed by atoms with Gasteiger partial charge in [0.25, 0.3) is 0 Å². The smallest absolute Gasteiger partial charge is 0.389 e. The summed E-state index contributed by atoms with van der Waals surface area (Å²) >= 11 is 0. The third-order valence-corrected chi connectivity index (χ3v) is 2.18. The molecule has 16 heavy (non-hydrogen) atoms. The first-order chi connectivity index (χ1) is 7.51. The highest BCUT2D eigenvalue weighted by atomic mass is 19.4. The van der Waals surface area contributed by atoms with Gasteiger partial charge in [0, 0.05) is 6.42 Å². The Labute approximate surface area is 93.2 Å². The predicted molar refractivity (Wildman–Crippen MR) is 56.6 cm³/mol. The van der Waals surface area contributed by atoms with Gasteiger partial charge in [-0.05, 0) is 30.5 Å². The van der Waals surface area contributed by atoms with Gasteiger partial charge >= 0.3 is 6.18 Å². The molecule has 0 aliphatic rings. The molecule has 0 amide bonds. The van der Waals surface area contributed by atoms with E-state index >= 15 is 0 Å². The van der Waals surface area contributed by atoms with Crippen molar-refractivity contribution < 1.29 is 17.9 Å². The minimum Gasteiger partial charge on any atom is -0.494 e. The molecular formula is C12H15F3O. The van der Waals surface area contributed by atoms with Gasteiger partial charge in [-0.3, -0.25) is 0 Å². The maximum absolute atomic E-state index is 11.8. The van der Waals surface area contributed by atoms with Gasteiger partial charge in [0.1, 0.15) is 5.75 Å². The van der Waals surface area contributed by atoms with Crippen molar-refractivity contribution in [3.8, 4) is 5.75 Å². The number of alkyl halides is 3. The number of hydrogen-bond acceptors (Lipinski definition) is 1. The van der Waals surface area contributed by atoms with E-state index in [2.05, 4.69) is 0 Å². The average Bonchev–Trinajstić information content (AvgIpc) is 2.23. The fourth-order valence-corrected chi connectivity index (χ4v) is 1.32. The van der Waals surface area contributed by atoms with Gasteiger partial charge in [-0.25, -0.2) is 0 Å². The largest absolute Gasteiger partial charge is 0.494 e. The Balaban J connectivity index is 2.32. The Bertz CT molecular complexity index is 320. The topological polar surface area (TPSA) is 9.23 Å². The summed E-state index contributed by atoms with van der Waals surface area (Å²) in [6.45, 7) is 2.12. The molecule has 1 aromatic carbocycles. The molecule has 1 rings (SSSR count). The van der Waals surface area contributed by atoms with Crippen LogP contribution in [-0.2, 0) is 6.42 Å². The van der Waals surface area contributed by atoms with E-state index in [-0.39, 0.29) is 13.0 Å². The van der Waals surface area contributed by atoms with E-state index in [9.17, 15) is 13.2 Å². The first-order valence-electron chi connectivity index (χ1n) is 5.30. The van der Waals surface area contributed by atoms with Gasteiger partial charge in [0.2, 0.25) is 0 Å². The van der Waals surface area contributed by atoms with Crippen molar-refractivity contribution >= 4 is 0 Å². The zero-order valence-electron chi connectivity index (χ0n) is 9.18. The molecule has 0 heterocycles. The average molecular weight is 232 g/mol. The van der Waals surface area contributed by atoms with Gasteiger partial charge in [0.15, 0.2) is 0 Å². The van der Waals surface area contributed by atoms with Crippen molar-refractivity contribution in [2.45, 2.75) is 32.4 Å². The summed E-state index contributed by atoms with van der Waals surface area (Å²) in [5.41, 5.74) is 1.12. The standard InChI is InChI=1S/C12H15F3O/c1-2-10-5-3-6-11(9-10)16-8-4-7-12(13,14)15/h3,5-6,9H,2,4,7-8H2,1H3. The fourth-order valence-electron chi connectivity index (χ4n) is 1.32. The lowest BCUT2D eigenvalue weighted by atomic mass is 10.2. The molecule has 0 fully saturated rings. The van der Waals surface area contributed by atoms with Crippen LogP contribution in [0.5, 0.6) is 5.75 Å². The van der Waals surface area contributed by atoms with E-state index in [0.717, 1.165) is 12.0 Å². The summed E-state index contributed by atoms with van der Waals surface area (Å²) in [4.78, 5) is 0. The summed E-state index contributed by atoms with van der Waals surface area (Å²) in [5.74, 6) is 0.640. The van der Waals surface area contributed by atoms with Crippen molar-refractivity contribution in [2.24, 2.45) is 0 Å². The van der Waals surface area contributed by atoms with Gasteiger partial charge in [-0.15, -0.1) is 0 Å². The van der Waals surface area contributed by atoms with Crippen LogP contribution in [-0.4, -0.2) is 12.8 Å². The molecule has 0 aromatic heterocycles. The molecular weight excluding hydrogens is 217 g/mol. The van der Waals surface area contributed by atoms with Crippen LogP contribution in [0.3, 0.4) is 0 Å². The predicted octanol–water partition coefficient (Wildman–Crippen LogP) is 3.97. The molecule has 0 unspecified atom stereocenters. The summed E-state index contributed by atoms with van der Waals surface area (Å²) in [7, 11) is 0. The van der Waals surface area contributed by atoms with E-state index in [1.165, 1.54) is 0 Å². The zero-order chi connectivity index (χ0) is 12.0. The molecule has 4 heteroatoms. The fraction of sp³-hybridized carbons (Fsp3) is 0.500. The third kappa shape index (κ3) is 5.05. The van der Waals surface area contributed by atoms with Crippen LogP contribution in [0.25, 0.3) is 0 Å². The number of aryl methyl sites for hydroxylation is 1. The monoisotopic (exact) mass is 232 g/mol. The second-order valence-electron chi connectivity index (χ2n) is 3.57. The van der Waals surface area contributed by atoms with E-state index in [1.54, 1.807) is 6.07 Å². The molecule has 0 atom stereocenters. The van der Waals surface area contributed by atoms with Gasteiger partial charge in [0.05, 0.1) is 6.61 Å². The lowest BCUT2D eigenvalue weighted by molar-refractivity contribution is -0.136. The SMILES string of the molecule is CCc1cccc(OCCCC(F)(F)F)c1. The number of hydrogen-bond donors (Lipinski definition) is 0. The van der Waals surface area contributed by atoms with Gasteiger partial charge in [-0.1, -0.05) is 19.1 Å². The van der Waals surface area contributed by atoms with Crippen LogP contribution < -0.4 is 4.74 Å². The van der Waals surface area contributed by atoms with Gasteiger partial charge < -0.3 is 4.74 Å². The lowest BCUT2D eigenvalue weighted by Crippen LogP contribution is -2.09. The Morgan fingerprint density at radius 3 is 2.62 bits per heavy atom. The zero-order valence-corrected chi connectivity index (χ0v) is 9.18. The minimum absolute atomic E-state index is 0.000146. The van der Waals surface area contributed by atoms with Crippen molar-refractivity contribution in [3.63, 3.8) is 0 Å². The van der Waals surface area contributed by atoms with Crippen LogP contribution in [0.1, 0.15) is 25.3 Å². The third-order valence-electron chi connectivity index (χ3n) is 2.18. The van der Waals surface area contributed by atoms with Crippen molar-refractivity contribution in [2.75, 3.05) is 6.61 Å². The van der Waals surface area contributed by atoms with Crippen LogP contribution in [0.4, 0.5) is 13.2 Å². The lowest BCUT2D eigenvalue weighted by Gasteiger charge is -2.08. The number of halogens is 3. The molecule has 0 spiro atoms. The summed E-state index contributed by atoms with van der Waals surface area (Å²) in [5, 5.41) is 0. The van der Waals surface area contributed by atoms with Crippen molar-refractivity contribution in [3.05, 3.63) is 29.8 Å². The normalized spacial score (nSPS) is 11.5. The number of rotatable bonds is 5. The molecule has 0 aliphatic heterocycles. The summed E-state index contributed by atoms with van der Waals surface area (Å²) < 4.78 is 40.8. The first kappa shape index (κ1) is 12.9. The van der Waals surface area contributed by atoms with E-state index in [0.29, 0.717) is 5.75 Å². The molecule has 90 valence electrons. The highest BCUT2D eigenvalue weighted by molar-refractivity contribution is 5.28. The molecule has 1 aromatic rings. The highest BCUT2D eigenvalue weighted by Gasteiger charge is 2.26. The second kappa shape index (κ2) is 5.77. The Morgan fingerprint density at radius 1 is 1.25 bits per heavy atom. The number of ether oxygens (including phenoxy) is 1. The number of benzene rings is 1. The highest BCUT2D eigenvalue weighted by Crippen LogP contribution is 2.21. The van der Waals surface area contributed by atoms with E-state index < -0.39 is 12.6 Å². The molecule has 1 nitrogen and oxygen atoms in total. The molecule has 0 saturated carbocycles. The summed E-state index contributed by atoms with van der Waals surface area (Å²) in [6, 6.07) is 7.42. The molecule has 0 bridgehead atoms. The van der Waals surface area contributed by atoms with E-state index in [4.69, 9.17) is 4.74 Å². The van der Waals surface area contributed by atoms with Crippen molar-refractivity contribution in [1.82, 2.24) is 0 Å². The quantitative estimate of drug-likeness (QED) is 0.698. The molecule has 0 saturated heterocycles. The second-order valence-corrected chi connectivity index (χ2v) is 3.57. The Hall–Kier alpha value is -1.19. The van der Waals surface area contributed by atoms with Crippen LogP contribution >= 0.6 is 0 Å². The Morgan fingerprint density at radius 2 is 2.00 bits per heavy atom. The molecule has 0 radical (unpaired) electrons. The maximum atomic E-state index is 11.8. The molecule has 0 aliphatic carbocycles. The summed E-state index contributed by atoms with van der Waals surface area (Å²) in [6.07, 6.45) is -3.99. The Kier molecular flexibility index (Phi) is 4.65. The van der Waals surface area contributed by atoms with Crippen LogP contribution in [0, 0.1) is 0 Å². The van der Waals surface area contributed by atoms with Crippen LogP contribution in [0.15, 0.2) is 24.3 Å². The van der Waals surface area contributed by atoms with E-state index in [1.807, 2.05) is 25.1 Å². The maximum Gasteiger partial charge on any atom is 0.389 e.